The van der Waals surface area contributed by atoms with E-state index in [0.29, 0.717) is 10.6 Å². The first-order valence-corrected chi connectivity index (χ1v) is 5.21. The van der Waals surface area contributed by atoms with Gasteiger partial charge in [-0.1, -0.05) is 23.7 Å². The average Bonchev–Trinajstić information content (AvgIpc) is 2.29. The Hall–Kier alpha value is -1.34. The predicted molar refractivity (Wildman–Crippen MR) is 59.8 cm³/mol. The van der Waals surface area contributed by atoms with Gasteiger partial charge < -0.3 is 4.74 Å². The van der Waals surface area contributed by atoms with Gasteiger partial charge in [0, 0.05) is 17.6 Å². The molecule has 0 saturated carbocycles. The Morgan fingerprint density at radius 2 is 1.94 bits per heavy atom. The van der Waals surface area contributed by atoms with E-state index in [1.807, 2.05) is 0 Å². The molecule has 1 aromatic rings. The molecule has 1 atom stereocenters. The number of hydrogen-bond acceptors (Lipinski definition) is 3. The average molecular weight is 283 g/mol. The zero-order valence-corrected chi connectivity index (χ0v) is 10.1. The molecule has 100 valence electrons. The Bertz CT molecular complexity index is 397. The van der Waals surface area contributed by atoms with Crippen LogP contribution in [0, 0.1) is 4.91 Å². The molecule has 4 nitrogen and oxygen atoms in total. The summed E-state index contributed by atoms with van der Waals surface area (Å²) >= 11 is 5.66. The Morgan fingerprint density at radius 1 is 1.39 bits per heavy atom. The van der Waals surface area contributed by atoms with Crippen molar-refractivity contribution >= 4 is 11.6 Å². The van der Waals surface area contributed by atoms with Crippen molar-refractivity contribution in [1.82, 2.24) is 5.01 Å². The molecule has 0 aliphatic rings. The maximum atomic E-state index is 12.1. The van der Waals surface area contributed by atoms with Gasteiger partial charge in [-0.25, -0.2) is 5.01 Å². The number of halogens is 4. The Labute approximate surface area is 106 Å². The molecule has 0 N–H and O–H groups in total. The summed E-state index contributed by atoms with van der Waals surface area (Å²) in [6, 6.07) is 5.90. The lowest BCUT2D eigenvalue weighted by Gasteiger charge is -2.24. The molecular weight excluding hydrogens is 273 g/mol. The molecule has 0 aliphatic heterocycles. The third-order valence-electron chi connectivity index (χ3n) is 2.03. The van der Waals surface area contributed by atoms with Crippen LogP contribution in [0.15, 0.2) is 29.6 Å². The SMILES string of the molecule is CN(N=O)C(OCC(F)(F)F)c1ccc(Cl)cc1. The summed E-state index contributed by atoms with van der Waals surface area (Å²) in [5.41, 5.74) is 0.353. The standard InChI is InChI=1S/C10H10ClF3N2O2/c1-16(15-17)9(18-6-10(12,13)14)7-2-4-8(11)5-3-7/h2-5,9H,6H2,1H3. The summed E-state index contributed by atoms with van der Waals surface area (Å²) in [4.78, 5) is 10.4. The second kappa shape index (κ2) is 6.01. The third-order valence-corrected chi connectivity index (χ3v) is 2.28. The molecule has 0 radical (unpaired) electrons. The fraction of sp³-hybridized carbons (Fsp3) is 0.400. The van der Waals surface area contributed by atoms with Crippen molar-refractivity contribution in [2.75, 3.05) is 13.7 Å². The Balaban J connectivity index is 2.84. The largest absolute Gasteiger partial charge is 0.411 e. The molecule has 1 rings (SSSR count). The number of nitrogens with zero attached hydrogens (tertiary/aromatic N) is 2. The summed E-state index contributed by atoms with van der Waals surface area (Å²) < 4.78 is 40.9. The molecule has 0 aromatic heterocycles. The second-order valence-corrected chi connectivity index (χ2v) is 3.92. The van der Waals surface area contributed by atoms with Crippen LogP contribution in [0.5, 0.6) is 0 Å². The van der Waals surface area contributed by atoms with Crippen LogP contribution in [0.3, 0.4) is 0 Å². The van der Waals surface area contributed by atoms with E-state index < -0.39 is 19.0 Å². The van der Waals surface area contributed by atoms with Crippen molar-refractivity contribution < 1.29 is 17.9 Å². The first kappa shape index (κ1) is 14.7. The first-order valence-electron chi connectivity index (χ1n) is 4.83. The monoisotopic (exact) mass is 282 g/mol. The van der Waals surface area contributed by atoms with Gasteiger partial charge in [-0.3, -0.25) is 0 Å². The molecule has 1 unspecified atom stereocenters. The topological polar surface area (TPSA) is 41.9 Å². The minimum atomic E-state index is -4.48. The summed E-state index contributed by atoms with van der Waals surface area (Å²) in [5.74, 6) is 0. The molecule has 18 heavy (non-hydrogen) atoms. The molecule has 8 heteroatoms. The quantitative estimate of drug-likeness (QED) is 0.471. The highest BCUT2D eigenvalue weighted by atomic mass is 35.5. The molecule has 0 fully saturated rings. The van der Waals surface area contributed by atoms with E-state index in [4.69, 9.17) is 11.6 Å². The molecule has 0 spiro atoms. The van der Waals surface area contributed by atoms with Crippen LogP contribution in [-0.4, -0.2) is 24.8 Å². The van der Waals surface area contributed by atoms with E-state index in [1.165, 1.54) is 31.3 Å². The van der Waals surface area contributed by atoms with Gasteiger partial charge in [-0.2, -0.15) is 13.2 Å². The van der Waals surface area contributed by atoms with Crippen LogP contribution in [0.25, 0.3) is 0 Å². The molecule has 1 aromatic carbocycles. The van der Waals surface area contributed by atoms with Crippen molar-refractivity contribution in [1.29, 1.82) is 0 Å². The summed E-state index contributed by atoms with van der Waals surface area (Å²) in [7, 11) is 1.22. The normalized spacial score (nSPS) is 13.2. The van der Waals surface area contributed by atoms with Gasteiger partial charge in [0.25, 0.3) is 0 Å². The van der Waals surface area contributed by atoms with Gasteiger partial charge in [0.05, 0.1) is 5.29 Å². The maximum Gasteiger partial charge on any atom is 0.411 e. The Morgan fingerprint density at radius 3 is 2.39 bits per heavy atom. The van der Waals surface area contributed by atoms with E-state index in [2.05, 4.69) is 10.0 Å². The number of rotatable bonds is 5. The highest BCUT2D eigenvalue weighted by Crippen LogP contribution is 2.26. The van der Waals surface area contributed by atoms with E-state index >= 15 is 0 Å². The minimum absolute atomic E-state index is 0.353. The third kappa shape index (κ3) is 4.50. The van der Waals surface area contributed by atoms with Gasteiger partial charge >= 0.3 is 6.18 Å². The van der Waals surface area contributed by atoms with Gasteiger partial charge in [-0.15, -0.1) is 4.91 Å². The lowest BCUT2D eigenvalue weighted by Crippen LogP contribution is -2.27. The summed E-state index contributed by atoms with van der Waals surface area (Å²) in [5, 5.41) is 3.73. The summed E-state index contributed by atoms with van der Waals surface area (Å²) in [6.45, 7) is -1.47. The van der Waals surface area contributed by atoms with E-state index in [1.54, 1.807) is 0 Å². The molecule has 0 amide bonds. The smallest absolute Gasteiger partial charge is 0.343 e. The minimum Gasteiger partial charge on any atom is -0.343 e. The summed E-state index contributed by atoms with van der Waals surface area (Å²) in [6.07, 6.45) is -5.68. The number of alkyl halides is 3. The molecule has 0 bridgehead atoms. The van der Waals surface area contributed by atoms with Crippen molar-refractivity contribution in [2.45, 2.75) is 12.4 Å². The zero-order valence-electron chi connectivity index (χ0n) is 9.32. The van der Waals surface area contributed by atoms with Gasteiger partial charge in [0.15, 0.2) is 6.23 Å². The molecular formula is C10H10ClF3N2O2. The Kier molecular flexibility index (Phi) is 4.92. The van der Waals surface area contributed by atoms with Crippen LogP contribution in [-0.2, 0) is 4.74 Å². The van der Waals surface area contributed by atoms with Gasteiger partial charge in [-0.05, 0) is 12.1 Å². The van der Waals surface area contributed by atoms with Crippen LogP contribution < -0.4 is 0 Å². The van der Waals surface area contributed by atoms with E-state index in [-0.39, 0.29) is 0 Å². The lowest BCUT2D eigenvalue weighted by atomic mass is 10.2. The number of nitroso groups, excluding NO2 is 1. The number of hydrogen-bond donors (Lipinski definition) is 0. The van der Waals surface area contributed by atoms with E-state index in [9.17, 15) is 18.1 Å². The van der Waals surface area contributed by atoms with Crippen LogP contribution in [0.2, 0.25) is 5.02 Å². The zero-order chi connectivity index (χ0) is 13.8. The molecule has 0 saturated heterocycles. The molecule has 0 aliphatic carbocycles. The van der Waals surface area contributed by atoms with Crippen LogP contribution >= 0.6 is 11.6 Å². The van der Waals surface area contributed by atoms with Crippen molar-refractivity contribution in [3.63, 3.8) is 0 Å². The van der Waals surface area contributed by atoms with Crippen molar-refractivity contribution in [3.05, 3.63) is 39.8 Å². The first-order chi connectivity index (χ1) is 8.33. The highest BCUT2D eigenvalue weighted by Gasteiger charge is 2.31. The predicted octanol–water partition coefficient (Wildman–Crippen LogP) is 3.53. The second-order valence-electron chi connectivity index (χ2n) is 3.49. The van der Waals surface area contributed by atoms with E-state index in [0.717, 1.165) is 5.01 Å². The van der Waals surface area contributed by atoms with Crippen LogP contribution in [0.1, 0.15) is 11.8 Å². The maximum absolute atomic E-state index is 12.1. The highest BCUT2D eigenvalue weighted by molar-refractivity contribution is 6.30. The van der Waals surface area contributed by atoms with Crippen molar-refractivity contribution in [2.24, 2.45) is 5.29 Å². The molecule has 0 heterocycles. The van der Waals surface area contributed by atoms with Crippen LogP contribution in [0.4, 0.5) is 13.2 Å². The van der Waals surface area contributed by atoms with Gasteiger partial charge in [0.1, 0.15) is 6.61 Å². The number of ether oxygens (including phenoxy) is 1. The fourth-order valence-corrected chi connectivity index (χ4v) is 1.39. The number of benzene rings is 1. The lowest BCUT2D eigenvalue weighted by molar-refractivity contribution is -0.203. The fourth-order valence-electron chi connectivity index (χ4n) is 1.26. The van der Waals surface area contributed by atoms with Gasteiger partial charge in [0.2, 0.25) is 0 Å². The van der Waals surface area contributed by atoms with Crippen molar-refractivity contribution in [3.8, 4) is 0 Å².